The molecule has 4 rings (SSSR count). The van der Waals surface area contributed by atoms with Crippen LogP contribution in [0.4, 0.5) is 11.4 Å². The molecule has 1 saturated heterocycles. The van der Waals surface area contributed by atoms with E-state index >= 15 is 0 Å². The molecule has 8 nitrogen and oxygen atoms in total. The first-order valence-corrected chi connectivity index (χ1v) is 10.7. The Morgan fingerprint density at radius 1 is 1.17 bits per heavy atom. The summed E-state index contributed by atoms with van der Waals surface area (Å²) in [5.41, 5.74) is 1.34. The fourth-order valence-electron chi connectivity index (χ4n) is 3.49. The van der Waals surface area contributed by atoms with Crippen molar-refractivity contribution in [1.82, 2.24) is 15.0 Å². The Morgan fingerprint density at radius 3 is 2.63 bits per heavy atom. The highest BCUT2D eigenvalue weighted by Gasteiger charge is 2.26. The van der Waals surface area contributed by atoms with Gasteiger partial charge in [-0.15, -0.1) is 11.3 Å². The van der Waals surface area contributed by atoms with Gasteiger partial charge in [-0.3, -0.25) is 14.5 Å². The summed E-state index contributed by atoms with van der Waals surface area (Å²) < 4.78 is 5.38. The van der Waals surface area contributed by atoms with Crippen molar-refractivity contribution in [3.05, 3.63) is 47.7 Å². The Bertz CT molecular complexity index is 1010. The second-order valence-electron chi connectivity index (χ2n) is 7.29. The molecule has 0 spiro atoms. The molecule has 9 heteroatoms. The Kier molecular flexibility index (Phi) is 6.20. The molecule has 2 aromatic heterocycles. The van der Waals surface area contributed by atoms with E-state index in [4.69, 9.17) is 4.52 Å². The van der Waals surface area contributed by atoms with E-state index in [0.29, 0.717) is 29.6 Å². The predicted molar refractivity (Wildman–Crippen MR) is 115 cm³/mol. The SMILES string of the molecule is CC(=O)Nc1cccc(NC(=O)C2CCN(Cc3nc(-c4cccs4)no3)CC2)c1. The maximum Gasteiger partial charge on any atom is 0.241 e. The van der Waals surface area contributed by atoms with Gasteiger partial charge in [-0.2, -0.15) is 4.98 Å². The topological polar surface area (TPSA) is 100 Å². The second kappa shape index (κ2) is 9.19. The molecule has 0 radical (unpaired) electrons. The third kappa shape index (κ3) is 5.11. The monoisotopic (exact) mass is 425 g/mol. The van der Waals surface area contributed by atoms with Gasteiger partial charge in [0, 0.05) is 24.2 Å². The lowest BCUT2D eigenvalue weighted by molar-refractivity contribution is -0.121. The van der Waals surface area contributed by atoms with E-state index in [2.05, 4.69) is 25.7 Å². The summed E-state index contributed by atoms with van der Waals surface area (Å²) in [5, 5.41) is 11.7. The van der Waals surface area contributed by atoms with Crippen molar-refractivity contribution in [2.24, 2.45) is 5.92 Å². The molecule has 3 aromatic rings. The fraction of sp³-hybridized carbons (Fsp3) is 0.333. The summed E-state index contributed by atoms with van der Waals surface area (Å²) in [5.74, 6) is 1.03. The smallest absolute Gasteiger partial charge is 0.241 e. The van der Waals surface area contributed by atoms with Crippen LogP contribution in [0.5, 0.6) is 0 Å². The number of nitrogens with zero attached hydrogens (tertiary/aromatic N) is 3. The van der Waals surface area contributed by atoms with Crippen molar-refractivity contribution >= 4 is 34.5 Å². The minimum absolute atomic E-state index is 0.00685. The number of aromatic nitrogens is 2. The molecule has 1 aliphatic rings. The summed E-state index contributed by atoms with van der Waals surface area (Å²) >= 11 is 1.58. The van der Waals surface area contributed by atoms with Gasteiger partial charge in [-0.05, 0) is 55.6 Å². The van der Waals surface area contributed by atoms with E-state index in [1.165, 1.54) is 6.92 Å². The van der Waals surface area contributed by atoms with Crippen LogP contribution >= 0.6 is 11.3 Å². The van der Waals surface area contributed by atoms with Crippen LogP contribution in [-0.2, 0) is 16.1 Å². The van der Waals surface area contributed by atoms with Gasteiger partial charge in [-0.1, -0.05) is 17.3 Å². The van der Waals surface area contributed by atoms with E-state index in [-0.39, 0.29) is 17.7 Å². The number of hydrogen-bond donors (Lipinski definition) is 2. The van der Waals surface area contributed by atoms with Crippen LogP contribution in [0.2, 0.25) is 0 Å². The van der Waals surface area contributed by atoms with Crippen LogP contribution in [0.25, 0.3) is 10.7 Å². The number of piperidine rings is 1. The minimum Gasteiger partial charge on any atom is -0.338 e. The highest BCUT2D eigenvalue weighted by atomic mass is 32.1. The zero-order valence-electron chi connectivity index (χ0n) is 16.6. The quantitative estimate of drug-likeness (QED) is 0.626. The van der Waals surface area contributed by atoms with E-state index in [9.17, 15) is 9.59 Å². The summed E-state index contributed by atoms with van der Waals surface area (Å²) in [6.07, 6.45) is 1.53. The average Bonchev–Trinajstić information content (AvgIpc) is 3.40. The van der Waals surface area contributed by atoms with Gasteiger partial charge in [0.05, 0.1) is 11.4 Å². The molecule has 1 aliphatic heterocycles. The molecule has 2 amide bonds. The Labute approximate surface area is 178 Å². The number of carbonyl (C=O) groups is 2. The third-order valence-corrected chi connectivity index (χ3v) is 5.84. The first-order chi connectivity index (χ1) is 14.6. The molecule has 0 bridgehead atoms. The van der Waals surface area contributed by atoms with Gasteiger partial charge in [0.25, 0.3) is 0 Å². The summed E-state index contributed by atoms with van der Waals surface area (Å²) in [6, 6.07) is 11.1. The maximum absolute atomic E-state index is 12.6. The van der Waals surface area contributed by atoms with Gasteiger partial charge in [0.1, 0.15) is 0 Å². The number of carbonyl (C=O) groups excluding carboxylic acids is 2. The lowest BCUT2D eigenvalue weighted by atomic mass is 9.96. The predicted octanol–water partition coefficient (Wildman–Crippen LogP) is 3.61. The van der Waals surface area contributed by atoms with E-state index in [1.807, 2.05) is 23.6 Å². The van der Waals surface area contributed by atoms with Gasteiger partial charge in [0.2, 0.25) is 23.5 Å². The van der Waals surface area contributed by atoms with Crippen LogP contribution in [-0.4, -0.2) is 39.9 Å². The summed E-state index contributed by atoms with van der Waals surface area (Å²) in [6.45, 7) is 3.63. The average molecular weight is 426 g/mol. The van der Waals surface area contributed by atoms with Crippen LogP contribution in [0.1, 0.15) is 25.7 Å². The Morgan fingerprint density at radius 2 is 1.93 bits per heavy atom. The molecule has 1 fully saturated rings. The van der Waals surface area contributed by atoms with Crippen molar-refractivity contribution in [2.75, 3.05) is 23.7 Å². The van der Waals surface area contributed by atoms with Crippen molar-refractivity contribution < 1.29 is 14.1 Å². The molecule has 156 valence electrons. The lowest BCUT2D eigenvalue weighted by Crippen LogP contribution is -2.37. The van der Waals surface area contributed by atoms with Crippen LogP contribution < -0.4 is 10.6 Å². The first kappa shape index (κ1) is 20.2. The van der Waals surface area contributed by atoms with Crippen LogP contribution in [0.3, 0.4) is 0 Å². The number of rotatable bonds is 6. The summed E-state index contributed by atoms with van der Waals surface area (Å²) in [4.78, 5) is 31.5. The minimum atomic E-state index is -0.144. The molecule has 0 aliphatic carbocycles. The van der Waals surface area contributed by atoms with E-state index < -0.39 is 0 Å². The largest absolute Gasteiger partial charge is 0.338 e. The van der Waals surface area contributed by atoms with Gasteiger partial charge >= 0.3 is 0 Å². The molecular formula is C21H23N5O3S. The number of anilines is 2. The molecule has 2 N–H and O–H groups in total. The third-order valence-electron chi connectivity index (χ3n) is 4.98. The number of benzene rings is 1. The van der Waals surface area contributed by atoms with E-state index in [1.54, 1.807) is 29.5 Å². The number of thiophene rings is 1. The van der Waals surface area contributed by atoms with Gasteiger partial charge in [0.15, 0.2) is 0 Å². The van der Waals surface area contributed by atoms with Gasteiger partial charge < -0.3 is 15.2 Å². The molecule has 30 heavy (non-hydrogen) atoms. The number of hydrogen-bond acceptors (Lipinski definition) is 7. The fourth-order valence-corrected chi connectivity index (χ4v) is 4.14. The normalized spacial score (nSPS) is 15.1. The lowest BCUT2D eigenvalue weighted by Gasteiger charge is -2.30. The van der Waals surface area contributed by atoms with E-state index in [0.717, 1.165) is 30.8 Å². The Balaban J connectivity index is 1.27. The highest BCUT2D eigenvalue weighted by Crippen LogP contribution is 2.24. The van der Waals surface area contributed by atoms with Crippen molar-refractivity contribution in [3.63, 3.8) is 0 Å². The van der Waals surface area contributed by atoms with Gasteiger partial charge in [-0.25, -0.2) is 0 Å². The number of nitrogens with one attached hydrogen (secondary N) is 2. The highest BCUT2D eigenvalue weighted by molar-refractivity contribution is 7.13. The molecule has 1 aromatic carbocycles. The first-order valence-electron chi connectivity index (χ1n) is 9.84. The standard InChI is InChI=1S/C21H23N5O3S/c1-14(27)22-16-4-2-5-17(12-16)23-21(28)15-7-9-26(10-8-15)13-19-24-20(25-29-19)18-6-3-11-30-18/h2-6,11-12,15H,7-10,13H2,1H3,(H,22,27)(H,23,28). The second-order valence-corrected chi connectivity index (χ2v) is 8.24. The van der Waals surface area contributed by atoms with Crippen molar-refractivity contribution in [3.8, 4) is 10.7 Å². The van der Waals surface area contributed by atoms with Crippen molar-refractivity contribution in [2.45, 2.75) is 26.3 Å². The van der Waals surface area contributed by atoms with Crippen molar-refractivity contribution in [1.29, 1.82) is 0 Å². The molecule has 0 unspecified atom stereocenters. The number of likely N-dealkylation sites (tertiary alicyclic amines) is 1. The molecular weight excluding hydrogens is 402 g/mol. The van der Waals surface area contributed by atoms with Crippen LogP contribution in [0, 0.1) is 5.92 Å². The molecule has 0 saturated carbocycles. The van der Waals surface area contributed by atoms with Crippen LogP contribution in [0.15, 0.2) is 46.3 Å². The summed E-state index contributed by atoms with van der Waals surface area (Å²) in [7, 11) is 0. The maximum atomic E-state index is 12.6. The zero-order chi connectivity index (χ0) is 20.9. The zero-order valence-corrected chi connectivity index (χ0v) is 17.4. The molecule has 0 atom stereocenters. The molecule has 3 heterocycles. The number of amides is 2. The Hall–Kier alpha value is -3.04.